The minimum absolute atomic E-state index is 0. The van der Waals surface area contributed by atoms with E-state index in [2.05, 4.69) is 19.2 Å². The van der Waals surface area contributed by atoms with E-state index in [1.54, 1.807) is 0 Å². The van der Waals surface area contributed by atoms with E-state index in [0.717, 1.165) is 19.4 Å². The Balaban J connectivity index is 0.00000256. The van der Waals surface area contributed by atoms with Crippen molar-refractivity contribution in [1.29, 1.82) is 0 Å². The third kappa shape index (κ3) is 4.84. The summed E-state index contributed by atoms with van der Waals surface area (Å²) in [6.07, 6.45) is 6.64. The van der Waals surface area contributed by atoms with Gasteiger partial charge < -0.3 is 11.1 Å². The Morgan fingerprint density at radius 1 is 1.35 bits per heavy atom. The average molecular weight is 263 g/mol. The van der Waals surface area contributed by atoms with Crippen molar-refractivity contribution in [3.05, 3.63) is 0 Å². The van der Waals surface area contributed by atoms with Crippen molar-refractivity contribution < 1.29 is 4.79 Å². The van der Waals surface area contributed by atoms with E-state index in [-0.39, 0.29) is 18.3 Å². The lowest BCUT2D eigenvalue weighted by molar-refractivity contribution is -0.126. The Kier molecular flexibility index (Phi) is 6.49. The third-order valence-corrected chi connectivity index (χ3v) is 3.65. The Morgan fingerprint density at radius 2 is 1.94 bits per heavy atom. The van der Waals surface area contributed by atoms with E-state index in [1.807, 2.05) is 6.92 Å². The monoisotopic (exact) mass is 262 g/mol. The number of hydrogen-bond donors (Lipinski definition) is 2. The summed E-state index contributed by atoms with van der Waals surface area (Å²) in [5.41, 5.74) is 5.69. The zero-order chi connectivity index (χ0) is 12.2. The molecule has 0 bridgehead atoms. The van der Waals surface area contributed by atoms with Gasteiger partial charge in [0.15, 0.2) is 0 Å². The lowest BCUT2D eigenvalue weighted by atomic mass is 9.95. The zero-order valence-corrected chi connectivity index (χ0v) is 12.2. The number of halogens is 1. The predicted molar refractivity (Wildman–Crippen MR) is 74.3 cm³/mol. The fourth-order valence-corrected chi connectivity index (χ4v) is 2.32. The molecule has 1 unspecified atom stereocenters. The summed E-state index contributed by atoms with van der Waals surface area (Å²) in [5, 5.41) is 3.03. The van der Waals surface area contributed by atoms with Crippen LogP contribution in [0.1, 0.15) is 59.3 Å². The standard InChI is InChI=1S/C13H26N2O.ClH/c1-4-6-12(3,14)11(16)15-10-13(7-5-2)8-9-13;/h4-10,14H2,1-3H3,(H,15,16);1H. The second-order valence-electron chi connectivity index (χ2n) is 5.60. The first-order chi connectivity index (χ1) is 7.46. The Morgan fingerprint density at radius 3 is 2.35 bits per heavy atom. The molecule has 0 heterocycles. The molecule has 0 radical (unpaired) electrons. The molecule has 1 atom stereocenters. The van der Waals surface area contributed by atoms with E-state index < -0.39 is 5.54 Å². The van der Waals surface area contributed by atoms with Crippen LogP contribution in [0.25, 0.3) is 0 Å². The van der Waals surface area contributed by atoms with Crippen LogP contribution in [0.2, 0.25) is 0 Å². The summed E-state index contributed by atoms with van der Waals surface area (Å²) >= 11 is 0. The van der Waals surface area contributed by atoms with Crippen molar-refractivity contribution in [2.75, 3.05) is 6.54 Å². The average Bonchev–Trinajstić information content (AvgIpc) is 2.95. The number of carbonyl (C=O) groups excluding carboxylic acids is 1. The van der Waals surface area contributed by atoms with Gasteiger partial charge in [-0.3, -0.25) is 4.79 Å². The maximum atomic E-state index is 11.9. The van der Waals surface area contributed by atoms with Gasteiger partial charge in [0.05, 0.1) is 5.54 Å². The molecule has 0 aromatic heterocycles. The Bertz CT molecular complexity index is 250. The molecule has 0 aromatic rings. The fraction of sp³-hybridized carbons (Fsp3) is 0.923. The van der Waals surface area contributed by atoms with Gasteiger partial charge in [0, 0.05) is 6.54 Å². The molecule has 1 aliphatic rings. The molecule has 3 nitrogen and oxygen atoms in total. The van der Waals surface area contributed by atoms with Gasteiger partial charge in [0.1, 0.15) is 0 Å². The minimum Gasteiger partial charge on any atom is -0.354 e. The molecule has 102 valence electrons. The molecule has 1 saturated carbocycles. The first-order valence-corrected chi connectivity index (χ1v) is 6.53. The maximum Gasteiger partial charge on any atom is 0.239 e. The van der Waals surface area contributed by atoms with Crippen LogP contribution in [0.4, 0.5) is 0 Å². The normalized spacial score (nSPS) is 20.0. The second kappa shape index (κ2) is 6.60. The van der Waals surface area contributed by atoms with Gasteiger partial charge in [-0.05, 0) is 38.0 Å². The number of carbonyl (C=O) groups is 1. The molecular formula is C13H27ClN2O. The van der Waals surface area contributed by atoms with Crippen LogP contribution in [-0.4, -0.2) is 18.0 Å². The van der Waals surface area contributed by atoms with Gasteiger partial charge in [-0.2, -0.15) is 0 Å². The number of amides is 1. The van der Waals surface area contributed by atoms with Gasteiger partial charge in [-0.1, -0.05) is 26.7 Å². The highest BCUT2D eigenvalue weighted by atomic mass is 35.5. The molecule has 0 aliphatic heterocycles. The molecule has 1 fully saturated rings. The van der Waals surface area contributed by atoms with Crippen LogP contribution in [-0.2, 0) is 4.79 Å². The summed E-state index contributed by atoms with van der Waals surface area (Å²) in [6.45, 7) is 6.89. The van der Waals surface area contributed by atoms with E-state index in [9.17, 15) is 4.79 Å². The predicted octanol–water partition coefficient (Wildman–Crippen LogP) is 2.62. The first-order valence-electron chi connectivity index (χ1n) is 6.53. The van der Waals surface area contributed by atoms with Crippen molar-refractivity contribution in [2.45, 2.75) is 64.8 Å². The van der Waals surface area contributed by atoms with Crippen molar-refractivity contribution in [3.63, 3.8) is 0 Å². The van der Waals surface area contributed by atoms with Gasteiger partial charge in [0.2, 0.25) is 5.91 Å². The topological polar surface area (TPSA) is 55.1 Å². The molecule has 17 heavy (non-hydrogen) atoms. The molecule has 1 rings (SSSR count). The van der Waals surface area contributed by atoms with E-state index in [1.165, 1.54) is 25.7 Å². The lowest BCUT2D eigenvalue weighted by Crippen LogP contribution is -2.52. The highest BCUT2D eigenvalue weighted by Gasteiger charge is 2.42. The van der Waals surface area contributed by atoms with Gasteiger partial charge in [0.25, 0.3) is 0 Å². The molecule has 1 aliphatic carbocycles. The van der Waals surface area contributed by atoms with E-state index in [4.69, 9.17) is 5.73 Å². The van der Waals surface area contributed by atoms with Gasteiger partial charge >= 0.3 is 0 Å². The molecule has 0 spiro atoms. The summed E-state index contributed by atoms with van der Waals surface area (Å²) in [4.78, 5) is 11.9. The molecular weight excluding hydrogens is 236 g/mol. The summed E-state index contributed by atoms with van der Waals surface area (Å²) in [5.74, 6) is 0.0109. The van der Waals surface area contributed by atoms with Crippen molar-refractivity contribution in [2.24, 2.45) is 11.1 Å². The fourth-order valence-electron chi connectivity index (χ4n) is 2.32. The molecule has 4 heteroatoms. The van der Waals surface area contributed by atoms with Crippen LogP contribution >= 0.6 is 12.4 Å². The number of nitrogens with two attached hydrogens (primary N) is 1. The largest absolute Gasteiger partial charge is 0.354 e. The lowest BCUT2D eigenvalue weighted by Gasteiger charge is -2.24. The van der Waals surface area contributed by atoms with E-state index >= 15 is 0 Å². The minimum atomic E-state index is -0.697. The highest BCUT2D eigenvalue weighted by molar-refractivity contribution is 5.85. The van der Waals surface area contributed by atoms with Crippen molar-refractivity contribution >= 4 is 18.3 Å². The molecule has 3 N–H and O–H groups in total. The summed E-state index contributed by atoms with van der Waals surface area (Å²) in [7, 11) is 0. The van der Waals surface area contributed by atoms with Crippen LogP contribution in [0.5, 0.6) is 0 Å². The summed E-state index contributed by atoms with van der Waals surface area (Å²) in [6, 6.07) is 0. The smallest absolute Gasteiger partial charge is 0.239 e. The van der Waals surface area contributed by atoms with Gasteiger partial charge in [-0.15, -0.1) is 12.4 Å². The number of nitrogens with one attached hydrogen (secondary N) is 1. The first kappa shape index (κ1) is 16.7. The molecule has 1 amide bonds. The second-order valence-corrected chi connectivity index (χ2v) is 5.60. The number of rotatable bonds is 7. The molecule has 0 aromatic carbocycles. The van der Waals surface area contributed by atoms with Crippen LogP contribution in [0.3, 0.4) is 0 Å². The maximum absolute atomic E-state index is 11.9. The zero-order valence-electron chi connectivity index (χ0n) is 11.3. The third-order valence-electron chi connectivity index (χ3n) is 3.65. The molecule has 0 saturated heterocycles. The number of hydrogen-bond acceptors (Lipinski definition) is 2. The van der Waals surface area contributed by atoms with Crippen LogP contribution < -0.4 is 11.1 Å². The van der Waals surface area contributed by atoms with Crippen LogP contribution in [0, 0.1) is 5.41 Å². The Labute approximate surface area is 111 Å². The van der Waals surface area contributed by atoms with Crippen molar-refractivity contribution in [3.8, 4) is 0 Å². The van der Waals surface area contributed by atoms with Crippen LogP contribution in [0.15, 0.2) is 0 Å². The van der Waals surface area contributed by atoms with Gasteiger partial charge in [-0.25, -0.2) is 0 Å². The quantitative estimate of drug-likeness (QED) is 0.741. The Hall–Kier alpha value is -0.280. The van der Waals surface area contributed by atoms with E-state index in [0.29, 0.717) is 5.41 Å². The highest BCUT2D eigenvalue weighted by Crippen LogP contribution is 2.48. The summed E-state index contributed by atoms with van der Waals surface area (Å²) < 4.78 is 0. The SMILES string of the molecule is CCCC1(CNC(=O)C(C)(N)CCC)CC1.Cl. The van der Waals surface area contributed by atoms with Crippen molar-refractivity contribution in [1.82, 2.24) is 5.32 Å².